The molecular formula is C23H22ClN3O4. The van der Waals surface area contributed by atoms with Gasteiger partial charge in [0, 0.05) is 28.3 Å². The highest BCUT2D eigenvalue weighted by Crippen LogP contribution is 2.21. The van der Waals surface area contributed by atoms with Gasteiger partial charge in [0.05, 0.1) is 5.69 Å². The van der Waals surface area contributed by atoms with Gasteiger partial charge in [-0.2, -0.15) is 5.10 Å². The fourth-order valence-electron chi connectivity index (χ4n) is 2.88. The van der Waals surface area contributed by atoms with Crippen LogP contribution in [0.4, 0.5) is 5.69 Å². The van der Waals surface area contributed by atoms with Crippen LogP contribution < -0.4 is 5.32 Å². The molecule has 1 amide bonds. The van der Waals surface area contributed by atoms with E-state index in [0.29, 0.717) is 28.4 Å². The van der Waals surface area contributed by atoms with Gasteiger partial charge in [-0.3, -0.25) is 14.7 Å². The first kappa shape index (κ1) is 22.2. The Morgan fingerprint density at radius 1 is 1.10 bits per heavy atom. The number of benzene rings is 2. The Bertz CT molecular complexity index is 1070. The van der Waals surface area contributed by atoms with Crippen molar-refractivity contribution in [1.29, 1.82) is 0 Å². The Kier molecular flexibility index (Phi) is 7.20. The van der Waals surface area contributed by atoms with E-state index in [0.717, 1.165) is 12.0 Å². The summed E-state index contributed by atoms with van der Waals surface area (Å²) in [7, 11) is 0. The van der Waals surface area contributed by atoms with E-state index in [-0.39, 0.29) is 17.4 Å². The molecule has 0 radical (unpaired) electrons. The molecule has 0 aliphatic heterocycles. The van der Waals surface area contributed by atoms with E-state index in [1.807, 2.05) is 6.92 Å². The zero-order valence-corrected chi connectivity index (χ0v) is 17.9. The molecule has 3 aromatic rings. The second-order valence-corrected chi connectivity index (χ2v) is 7.40. The summed E-state index contributed by atoms with van der Waals surface area (Å²) in [5.41, 5.74) is 2.46. The molecule has 1 atom stereocenters. The average molecular weight is 440 g/mol. The molecule has 0 saturated heterocycles. The van der Waals surface area contributed by atoms with Crippen molar-refractivity contribution in [2.24, 2.45) is 0 Å². The van der Waals surface area contributed by atoms with Crippen LogP contribution in [-0.2, 0) is 9.53 Å². The van der Waals surface area contributed by atoms with Gasteiger partial charge in [-0.1, -0.05) is 30.7 Å². The van der Waals surface area contributed by atoms with E-state index in [9.17, 15) is 14.4 Å². The third-order valence-corrected chi connectivity index (χ3v) is 4.77. The van der Waals surface area contributed by atoms with E-state index in [1.165, 1.54) is 6.92 Å². The highest BCUT2D eigenvalue weighted by atomic mass is 35.5. The quantitative estimate of drug-likeness (QED) is 0.384. The van der Waals surface area contributed by atoms with Crippen molar-refractivity contribution in [3.8, 4) is 11.3 Å². The number of rotatable bonds is 8. The number of Topliss-reactive ketones (excluding diaryl/α,β-unsaturated/α-hetero) is 1. The molecule has 0 spiro atoms. The lowest BCUT2D eigenvalue weighted by molar-refractivity contribution is -0.116. The van der Waals surface area contributed by atoms with E-state index in [1.54, 1.807) is 54.6 Å². The lowest BCUT2D eigenvalue weighted by Gasteiger charge is -2.12. The fourth-order valence-corrected chi connectivity index (χ4v) is 3.00. The number of nitrogens with zero attached hydrogens (tertiary/aromatic N) is 1. The normalized spacial score (nSPS) is 11.6. The number of ether oxygens (including phenoxy) is 1. The highest BCUT2D eigenvalue weighted by molar-refractivity contribution is 6.30. The van der Waals surface area contributed by atoms with Crippen molar-refractivity contribution in [2.45, 2.75) is 32.8 Å². The highest BCUT2D eigenvalue weighted by Gasteiger charge is 2.22. The summed E-state index contributed by atoms with van der Waals surface area (Å²) in [6, 6.07) is 15.0. The zero-order valence-electron chi connectivity index (χ0n) is 17.1. The lowest BCUT2D eigenvalue weighted by atomic mass is 10.1. The molecule has 2 aromatic carbocycles. The standard InChI is InChI=1S/C23H22ClN3O4/c1-3-4-21(28)25-18-11-7-16(8-12-18)22(29)14(2)31-23(30)20-13-19(26-27-20)15-5-9-17(24)10-6-15/h5-14H,3-4H2,1-2H3,(H,25,28)(H,26,27). The van der Waals surface area contributed by atoms with Crippen LogP contribution in [0.2, 0.25) is 5.02 Å². The second kappa shape index (κ2) is 10.0. The minimum atomic E-state index is -0.990. The predicted octanol–water partition coefficient (Wildman–Crippen LogP) is 4.90. The van der Waals surface area contributed by atoms with Gasteiger partial charge in [0.1, 0.15) is 5.69 Å². The van der Waals surface area contributed by atoms with Crippen LogP contribution in [0.1, 0.15) is 47.5 Å². The van der Waals surface area contributed by atoms with Gasteiger partial charge in [0.25, 0.3) is 0 Å². The molecule has 1 aromatic heterocycles. The smallest absolute Gasteiger partial charge is 0.357 e. The molecular weight excluding hydrogens is 418 g/mol. The monoisotopic (exact) mass is 439 g/mol. The molecule has 7 nitrogen and oxygen atoms in total. The number of carbonyl (C=O) groups is 3. The number of ketones is 1. The van der Waals surface area contributed by atoms with Crippen molar-refractivity contribution in [3.05, 3.63) is 70.9 Å². The topological polar surface area (TPSA) is 101 Å². The minimum absolute atomic E-state index is 0.0820. The molecule has 8 heteroatoms. The summed E-state index contributed by atoms with van der Waals surface area (Å²) in [5.74, 6) is -1.12. The van der Waals surface area contributed by atoms with Gasteiger partial charge >= 0.3 is 5.97 Å². The molecule has 1 unspecified atom stereocenters. The first-order chi connectivity index (χ1) is 14.9. The Morgan fingerprint density at radius 2 is 1.77 bits per heavy atom. The number of halogens is 1. The van der Waals surface area contributed by atoms with Crippen LogP contribution in [0.15, 0.2) is 54.6 Å². The first-order valence-electron chi connectivity index (χ1n) is 9.84. The van der Waals surface area contributed by atoms with Crippen molar-refractivity contribution in [1.82, 2.24) is 10.2 Å². The SMILES string of the molecule is CCCC(=O)Nc1ccc(C(=O)C(C)OC(=O)c2cc(-c3ccc(Cl)cc3)n[nH]2)cc1. The number of aromatic amines is 1. The summed E-state index contributed by atoms with van der Waals surface area (Å²) < 4.78 is 5.30. The number of carbonyl (C=O) groups excluding carboxylic acids is 3. The summed E-state index contributed by atoms with van der Waals surface area (Å²) in [5, 5.41) is 10.1. The summed E-state index contributed by atoms with van der Waals surface area (Å²) in [6.45, 7) is 3.43. The van der Waals surface area contributed by atoms with E-state index >= 15 is 0 Å². The van der Waals surface area contributed by atoms with Crippen LogP contribution in [0.25, 0.3) is 11.3 Å². The Balaban J connectivity index is 1.61. The number of hydrogen-bond acceptors (Lipinski definition) is 5. The molecule has 31 heavy (non-hydrogen) atoms. The molecule has 1 heterocycles. The number of aromatic nitrogens is 2. The van der Waals surface area contributed by atoms with Gasteiger partial charge in [-0.15, -0.1) is 0 Å². The number of amides is 1. The van der Waals surface area contributed by atoms with E-state index in [2.05, 4.69) is 15.5 Å². The molecule has 0 fully saturated rings. The van der Waals surface area contributed by atoms with Crippen molar-refractivity contribution in [2.75, 3.05) is 5.32 Å². The predicted molar refractivity (Wildman–Crippen MR) is 118 cm³/mol. The van der Waals surface area contributed by atoms with Crippen molar-refractivity contribution in [3.63, 3.8) is 0 Å². The maximum Gasteiger partial charge on any atom is 0.357 e. The third-order valence-electron chi connectivity index (χ3n) is 4.52. The molecule has 160 valence electrons. The second-order valence-electron chi connectivity index (χ2n) is 6.96. The largest absolute Gasteiger partial charge is 0.450 e. The van der Waals surface area contributed by atoms with Crippen LogP contribution in [0, 0.1) is 0 Å². The summed E-state index contributed by atoms with van der Waals surface area (Å²) >= 11 is 5.88. The van der Waals surface area contributed by atoms with Crippen LogP contribution >= 0.6 is 11.6 Å². The van der Waals surface area contributed by atoms with Gasteiger partial charge in [-0.25, -0.2) is 4.79 Å². The maximum atomic E-state index is 12.6. The molecule has 0 bridgehead atoms. The number of anilines is 1. The average Bonchev–Trinajstić information content (AvgIpc) is 3.25. The number of hydrogen-bond donors (Lipinski definition) is 2. The fraction of sp³-hybridized carbons (Fsp3) is 0.217. The number of H-pyrrole nitrogens is 1. The van der Waals surface area contributed by atoms with Crippen LogP contribution in [0.5, 0.6) is 0 Å². The third kappa shape index (κ3) is 5.79. The number of esters is 1. The van der Waals surface area contributed by atoms with Crippen molar-refractivity contribution < 1.29 is 19.1 Å². The van der Waals surface area contributed by atoms with Crippen LogP contribution in [-0.4, -0.2) is 34.0 Å². The Labute approximate surface area is 184 Å². The lowest BCUT2D eigenvalue weighted by Crippen LogP contribution is -2.24. The van der Waals surface area contributed by atoms with Gasteiger partial charge in [0.2, 0.25) is 11.7 Å². The first-order valence-corrected chi connectivity index (χ1v) is 10.2. The molecule has 0 saturated carbocycles. The molecule has 0 aliphatic carbocycles. The van der Waals surface area contributed by atoms with Crippen molar-refractivity contribution >= 4 is 34.9 Å². The summed E-state index contributed by atoms with van der Waals surface area (Å²) in [6.07, 6.45) is 0.194. The van der Waals surface area contributed by atoms with Crippen LogP contribution in [0.3, 0.4) is 0 Å². The molecule has 3 rings (SSSR count). The molecule has 0 aliphatic rings. The summed E-state index contributed by atoms with van der Waals surface area (Å²) in [4.78, 5) is 36.7. The van der Waals surface area contributed by atoms with Gasteiger partial charge in [0.15, 0.2) is 6.10 Å². The van der Waals surface area contributed by atoms with Gasteiger partial charge in [-0.05, 0) is 55.8 Å². The van der Waals surface area contributed by atoms with E-state index in [4.69, 9.17) is 16.3 Å². The Hall–Kier alpha value is -3.45. The maximum absolute atomic E-state index is 12.6. The Morgan fingerprint density at radius 3 is 2.42 bits per heavy atom. The van der Waals surface area contributed by atoms with Gasteiger partial charge < -0.3 is 10.1 Å². The van der Waals surface area contributed by atoms with E-state index < -0.39 is 12.1 Å². The molecule has 2 N–H and O–H groups in total. The number of nitrogens with one attached hydrogen (secondary N) is 2. The minimum Gasteiger partial charge on any atom is -0.450 e. The zero-order chi connectivity index (χ0) is 22.4.